The largest absolute Gasteiger partial charge is 0.492 e. The molecule has 1 atom stereocenters. The van der Waals surface area contributed by atoms with Crippen molar-refractivity contribution in [3.8, 4) is 5.75 Å². The summed E-state index contributed by atoms with van der Waals surface area (Å²) >= 11 is 1.23. The van der Waals surface area contributed by atoms with Crippen LogP contribution in [0.25, 0.3) is 0 Å². The van der Waals surface area contributed by atoms with Gasteiger partial charge in [-0.2, -0.15) is 0 Å². The summed E-state index contributed by atoms with van der Waals surface area (Å²) < 4.78 is 10.4. The minimum atomic E-state index is -0.412. The van der Waals surface area contributed by atoms with Gasteiger partial charge in [0.05, 0.1) is 23.3 Å². The van der Waals surface area contributed by atoms with Crippen LogP contribution < -0.4 is 15.4 Å². The van der Waals surface area contributed by atoms with E-state index in [1.165, 1.54) is 11.8 Å². The van der Waals surface area contributed by atoms with E-state index in [2.05, 4.69) is 15.8 Å². The van der Waals surface area contributed by atoms with Crippen molar-refractivity contribution in [2.45, 2.75) is 26.0 Å². The molecule has 25 heavy (non-hydrogen) atoms. The molecular weight excluding hydrogens is 342 g/mol. The maximum absolute atomic E-state index is 12.1. The summed E-state index contributed by atoms with van der Waals surface area (Å²) in [5, 5.41) is 8.74. The molecule has 0 saturated carbocycles. The van der Waals surface area contributed by atoms with E-state index < -0.39 is 5.25 Å². The quantitative estimate of drug-likeness (QED) is 0.749. The standard InChI is InChI=1S/C17H21N3O4S/c1-4-23-14-8-6-5-7-13(14)18-16(21)10-25-12(3)17(22)19-15-9-11(2)24-20-15/h5-9,12H,4,10H2,1-3H3,(H,18,21)(H,19,20,22)/t12-/m1/s1. The molecule has 134 valence electrons. The highest BCUT2D eigenvalue weighted by molar-refractivity contribution is 8.01. The van der Waals surface area contributed by atoms with Crippen LogP contribution in [0.4, 0.5) is 11.5 Å². The highest BCUT2D eigenvalue weighted by Crippen LogP contribution is 2.24. The summed E-state index contributed by atoms with van der Waals surface area (Å²) in [5.74, 6) is 1.31. The summed E-state index contributed by atoms with van der Waals surface area (Å²) in [7, 11) is 0. The van der Waals surface area contributed by atoms with Crippen LogP contribution in [0.1, 0.15) is 19.6 Å². The van der Waals surface area contributed by atoms with Crippen molar-refractivity contribution in [3.63, 3.8) is 0 Å². The van der Waals surface area contributed by atoms with E-state index in [1.807, 2.05) is 19.1 Å². The average Bonchev–Trinajstić information content (AvgIpc) is 2.99. The highest BCUT2D eigenvalue weighted by Gasteiger charge is 2.17. The van der Waals surface area contributed by atoms with E-state index in [1.54, 1.807) is 32.0 Å². The molecule has 0 fully saturated rings. The molecule has 0 radical (unpaired) electrons. The minimum absolute atomic E-state index is 0.146. The molecule has 0 aliphatic rings. The zero-order chi connectivity index (χ0) is 18.2. The van der Waals surface area contributed by atoms with Gasteiger partial charge in [0.1, 0.15) is 11.5 Å². The summed E-state index contributed by atoms with van der Waals surface area (Å²) in [5.41, 5.74) is 0.616. The van der Waals surface area contributed by atoms with Gasteiger partial charge in [0.15, 0.2) is 5.82 Å². The van der Waals surface area contributed by atoms with Crippen LogP contribution >= 0.6 is 11.8 Å². The van der Waals surface area contributed by atoms with Crippen molar-refractivity contribution in [2.75, 3.05) is 23.0 Å². The van der Waals surface area contributed by atoms with E-state index in [0.29, 0.717) is 29.6 Å². The molecule has 2 rings (SSSR count). The molecule has 1 aromatic carbocycles. The lowest BCUT2D eigenvalue weighted by Crippen LogP contribution is -2.25. The number of anilines is 2. The van der Waals surface area contributed by atoms with Gasteiger partial charge < -0.3 is 19.9 Å². The third kappa shape index (κ3) is 5.82. The molecule has 2 aromatic rings. The monoisotopic (exact) mass is 363 g/mol. The summed E-state index contributed by atoms with van der Waals surface area (Å²) in [6.45, 7) is 5.87. The molecule has 7 nitrogen and oxygen atoms in total. The van der Waals surface area contributed by atoms with Crippen molar-refractivity contribution in [1.29, 1.82) is 0 Å². The predicted molar refractivity (Wildman–Crippen MR) is 98.0 cm³/mol. The SMILES string of the molecule is CCOc1ccccc1NC(=O)CS[C@H](C)C(=O)Nc1cc(C)on1. The maximum atomic E-state index is 12.1. The number of nitrogens with one attached hydrogen (secondary N) is 2. The summed E-state index contributed by atoms with van der Waals surface area (Å²) in [6, 6.07) is 8.86. The van der Waals surface area contributed by atoms with Crippen molar-refractivity contribution < 1.29 is 18.8 Å². The smallest absolute Gasteiger partial charge is 0.238 e. The topological polar surface area (TPSA) is 93.5 Å². The number of thioether (sulfide) groups is 1. The van der Waals surface area contributed by atoms with Gasteiger partial charge in [0.2, 0.25) is 11.8 Å². The van der Waals surface area contributed by atoms with E-state index in [4.69, 9.17) is 9.26 Å². The average molecular weight is 363 g/mol. The Morgan fingerprint density at radius 2 is 2.08 bits per heavy atom. The number of nitrogens with zero attached hydrogens (tertiary/aromatic N) is 1. The lowest BCUT2D eigenvalue weighted by molar-refractivity contribution is -0.115. The first-order valence-corrected chi connectivity index (χ1v) is 8.92. The van der Waals surface area contributed by atoms with Crippen molar-refractivity contribution in [3.05, 3.63) is 36.1 Å². The number of para-hydroxylation sites is 2. The fraction of sp³-hybridized carbons (Fsp3) is 0.353. The molecule has 8 heteroatoms. The van der Waals surface area contributed by atoms with Gasteiger partial charge in [-0.1, -0.05) is 17.3 Å². The Hall–Kier alpha value is -2.48. The minimum Gasteiger partial charge on any atom is -0.492 e. The second-order valence-corrected chi connectivity index (χ2v) is 6.57. The first-order chi connectivity index (χ1) is 12.0. The molecule has 0 saturated heterocycles. The first-order valence-electron chi connectivity index (χ1n) is 7.87. The van der Waals surface area contributed by atoms with Crippen LogP contribution in [0.3, 0.4) is 0 Å². The Balaban J connectivity index is 1.82. The number of hydrogen-bond acceptors (Lipinski definition) is 6. The molecular formula is C17H21N3O4S. The summed E-state index contributed by atoms with van der Waals surface area (Å²) in [6.07, 6.45) is 0. The van der Waals surface area contributed by atoms with Crippen LogP contribution in [0, 0.1) is 6.92 Å². The number of ether oxygens (including phenoxy) is 1. The molecule has 2 amide bonds. The number of aromatic nitrogens is 1. The van der Waals surface area contributed by atoms with Gasteiger partial charge in [-0.15, -0.1) is 11.8 Å². The van der Waals surface area contributed by atoms with E-state index in [9.17, 15) is 9.59 Å². The molecule has 0 bridgehead atoms. The zero-order valence-electron chi connectivity index (χ0n) is 14.4. The third-order valence-electron chi connectivity index (χ3n) is 3.17. The highest BCUT2D eigenvalue weighted by atomic mass is 32.2. The number of hydrogen-bond donors (Lipinski definition) is 2. The van der Waals surface area contributed by atoms with Crippen molar-refractivity contribution in [2.24, 2.45) is 0 Å². The van der Waals surface area contributed by atoms with E-state index in [0.717, 1.165) is 0 Å². The van der Waals surface area contributed by atoms with E-state index in [-0.39, 0.29) is 17.6 Å². The fourth-order valence-corrected chi connectivity index (χ4v) is 2.65. The van der Waals surface area contributed by atoms with Crippen LogP contribution in [-0.2, 0) is 9.59 Å². The lowest BCUT2D eigenvalue weighted by atomic mass is 10.3. The normalized spacial score (nSPS) is 11.6. The van der Waals surface area contributed by atoms with Gasteiger partial charge in [0, 0.05) is 6.07 Å². The zero-order valence-corrected chi connectivity index (χ0v) is 15.2. The Bertz CT molecular complexity index is 732. The van der Waals surface area contributed by atoms with Crippen LogP contribution in [-0.4, -0.2) is 34.6 Å². The number of aryl methyl sites for hydroxylation is 1. The Morgan fingerprint density at radius 3 is 2.76 bits per heavy atom. The molecule has 0 unspecified atom stereocenters. The molecule has 0 aliphatic heterocycles. The van der Waals surface area contributed by atoms with Gasteiger partial charge >= 0.3 is 0 Å². The molecule has 1 aromatic heterocycles. The second kappa shape index (κ2) is 9.12. The number of rotatable bonds is 8. The Morgan fingerprint density at radius 1 is 1.32 bits per heavy atom. The Kier molecular flexibility index (Phi) is 6.88. The van der Waals surface area contributed by atoms with E-state index >= 15 is 0 Å². The molecule has 2 N–H and O–H groups in total. The number of carbonyl (C=O) groups is 2. The number of benzene rings is 1. The van der Waals surface area contributed by atoms with Crippen LogP contribution in [0.15, 0.2) is 34.9 Å². The molecule has 1 heterocycles. The van der Waals surface area contributed by atoms with Gasteiger partial charge in [0.25, 0.3) is 0 Å². The third-order valence-corrected chi connectivity index (χ3v) is 4.32. The van der Waals surface area contributed by atoms with Crippen molar-refractivity contribution >= 4 is 35.1 Å². The number of amides is 2. The van der Waals surface area contributed by atoms with Gasteiger partial charge in [-0.25, -0.2) is 0 Å². The number of carbonyl (C=O) groups excluding carboxylic acids is 2. The second-order valence-electron chi connectivity index (χ2n) is 5.24. The van der Waals surface area contributed by atoms with Gasteiger partial charge in [-0.05, 0) is 32.9 Å². The van der Waals surface area contributed by atoms with Crippen LogP contribution in [0.2, 0.25) is 0 Å². The van der Waals surface area contributed by atoms with Crippen molar-refractivity contribution in [1.82, 2.24) is 5.16 Å². The maximum Gasteiger partial charge on any atom is 0.238 e. The summed E-state index contributed by atoms with van der Waals surface area (Å²) in [4.78, 5) is 24.2. The Labute approximate surface area is 150 Å². The van der Waals surface area contributed by atoms with Gasteiger partial charge in [-0.3, -0.25) is 9.59 Å². The molecule has 0 spiro atoms. The lowest BCUT2D eigenvalue weighted by Gasteiger charge is -2.13. The van der Waals surface area contributed by atoms with Crippen LogP contribution in [0.5, 0.6) is 5.75 Å². The predicted octanol–water partition coefficient (Wildman–Crippen LogP) is 3.08. The molecule has 0 aliphatic carbocycles. The first kappa shape index (κ1) is 18.9. The fourth-order valence-electron chi connectivity index (χ4n) is 1.97.